The van der Waals surface area contributed by atoms with E-state index in [1.165, 1.54) is 0 Å². The van der Waals surface area contributed by atoms with Crippen molar-refractivity contribution in [2.45, 2.75) is 19.6 Å². The van der Waals surface area contributed by atoms with Crippen molar-refractivity contribution < 1.29 is 4.74 Å². The van der Waals surface area contributed by atoms with Crippen LogP contribution in [0.3, 0.4) is 0 Å². The van der Waals surface area contributed by atoms with Crippen molar-refractivity contribution >= 4 is 17.8 Å². The molecule has 1 rings (SSSR count). The smallest absolute Gasteiger partial charge is 0.298 e. The molecule has 0 aliphatic carbocycles. The second-order valence-electron chi connectivity index (χ2n) is 3.38. The van der Waals surface area contributed by atoms with Gasteiger partial charge in [0.05, 0.1) is 25.2 Å². The van der Waals surface area contributed by atoms with Crippen LogP contribution in [0, 0.1) is 18.4 Å². The first-order valence-corrected chi connectivity index (χ1v) is 6.82. The second-order valence-corrected chi connectivity index (χ2v) is 4.48. The maximum absolute atomic E-state index is 8.48. The first-order chi connectivity index (χ1) is 8.77. The Labute approximate surface area is 111 Å². The maximum atomic E-state index is 8.48. The number of ether oxygens (including phenoxy) is 1. The van der Waals surface area contributed by atoms with Gasteiger partial charge in [0.25, 0.3) is 6.02 Å². The van der Waals surface area contributed by atoms with E-state index in [-0.39, 0.29) is 0 Å². The van der Waals surface area contributed by atoms with Crippen LogP contribution in [0.15, 0.2) is 11.3 Å². The van der Waals surface area contributed by atoms with Gasteiger partial charge in [-0.05, 0) is 13.8 Å². The molecule has 1 heterocycles. The lowest BCUT2D eigenvalue weighted by molar-refractivity contribution is 0.314. The molecule has 7 heteroatoms. The Hall–Kier alpha value is -1.68. The van der Waals surface area contributed by atoms with Crippen molar-refractivity contribution in [2.24, 2.45) is 4.99 Å². The molecule has 0 saturated carbocycles. The highest BCUT2D eigenvalue weighted by Gasteiger charge is 2.00. The van der Waals surface area contributed by atoms with Gasteiger partial charge in [0, 0.05) is 17.2 Å². The Kier molecular flexibility index (Phi) is 6.72. The van der Waals surface area contributed by atoms with Crippen molar-refractivity contribution in [2.75, 3.05) is 18.9 Å². The summed E-state index contributed by atoms with van der Waals surface area (Å²) >= 11 is 1.76. The van der Waals surface area contributed by atoms with Crippen LogP contribution >= 0.6 is 11.8 Å². The fourth-order valence-corrected chi connectivity index (χ4v) is 2.09. The standard InChI is InChI=1S/C11H17N5OS/c1-3-17-11(14-7-12)13-4-5-18-6-10-9(2)15-8-16-10/h8H,3-6H2,1-2H3,(H,13,14)(H,15,16). The number of hydrogen-bond donors (Lipinski definition) is 2. The molecule has 1 aromatic heterocycles. The van der Waals surface area contributed by atoms with E-state index in [4.69, 9.17) is 10.00 Å². The summed E-state index contributed by atoms with van der Waals surface area (Å²) in [5.41, 5.74) is 2.18. The van der Waals surface area contributed by atoms with E-state index in [0.29, 0.717) is 19.2 Å². The third-order valence-electron chi connectivity index (χ3n) is 2.12. The zero-order valence-electron chi connectivity index (χ0n) is 10.6. The van der Waals surface area contributed by atoms with Crippen molar-refractivity contribution in [3.63, 3.8) is 0 Å². The highest BCUT2D eigenvalue weighted by Crippen LogP contribution is 2.11. The summed E-state index contributed by atoms with van der Waals surface area (Å²) in [7, 11) is 0. The van der Waals surface area contributed by atoms with Crippen LogP contribution < -0.4 is 5.32 Å². The largest absolute Gasteiger partial charge is 0.465 e. The molecule has 0 unspecified atom stereocenters. The number of aliphatic imine (C=N–C) groups is 1. The molecule has 0 amide bonds. The van der Waals surface area contributed by atoms with Gasteiger partial charge in [0.1, 0.15) is 0 Å². The van der Waals surface area contributed by atoms with E-state index in [9.17, 15) is 0 Å². The van der Waals surface area contributed by atoms with E-state index in [1.807, 2.05) is 13.8 Å². The SMILES string of the molecule is CCO/C(=N\CCSCc1[nH]cnc1C)NC#N. The van der Waals surface area contributed by atoms with Crippen LogP contribution in [0.25, 0.3) is 0 Å². The number of amidine groups is 1. The Morgan fingerprint density at radius 1 is 1.72 bits per heavy atom. The number of aromatic nitrogens is 2. The highest BCUT2D eigenvalue weighted by atomic mass is 32.2. The minimum atomic E-state index is 0.290. The first-order valence-electron chi connectivity index (χ1n) is 5.66. The number of aryl methyl sites for hydroxylation is 1. The normalized spacial score (nSPS) is 11.1. The van der Waals surface area contributed by atoms with E-state index in [0.717, 1.165) is 22.9 Å². The zero-order chi connectivity index (χ0) is 13.2. The Morgan fingerprint density at radius 2 is 2.56 bits per heavy atom. The van der Waals surface area contributed by atoms with Gasteiger partial charge in [-0.25, -0.2) is 15.3 Å². The summed E-state index contributed by atoms with van der Waals surface area (Å²) < 4.78 is 5.14. The molecule has 0 fully saturated rings. The van der Waals surface area contributed by atoms with Crippen molar-refractivity contribution in [3.8, 4) is 6.19 Å². The fourth-order valence-electron chi connectivity index (χ4n) is 1.23. The number of nitrogens with zero attached hydrogens (tertiary/aromatic N) is 3. The molecule has 1 aromatic rings. The molecule has 18 heavy (non-hydrogen) atoms. The summed E-state index contributed by atoms with van der Waals surface area (Å²) in [6, 6.07) is 0.290. The van der Waals surface area contributed by atoms with E-state index in [2.05, 4.69) is 20.3 Å². The monoisotopic (exact) mass is 267 g/mol. The lowest BCUT2D eigenvalue weighted by atomic mass is 10.4. The molecule has 98 valence electrons. The number of H-pyrrole nitrogens is 1. The van der Waals surface area contributed by atoms with Gasteiger partial charge in [-0.2, -0.15) is 17.0 Å². The van der Waals surface area contributed by atoms with Gasteiger partial charge < -0.3 is 9.72 Å². The Balaban J connectivity index is 2.23. The van der Waals surface area contributed by atoms with Crippen molar-refractivity contribution in [1.82, 2.24) is 15.3 Å². The average Bonchev–Trinajstić information content (AvgIpc) is 2.75. The first kappa shape index (κ1) is 14.4. The quantitative estimate of drug-likeness (QED) is 0.267. The van der Waals surface area contributed by atoms with Crippen LogP contribution in [-0.2, 0) is 10.5 Å². The molecule has 0 bridgehead atoms. The van der Waals surface area contributed by atoms with Gasteiger partial charge in [-0.15, -0.1) is 0 Å². The molecule has 0 atom stereocenters. The molecule has 0 aromatic carbocycles. The van der Waals surface area contributed by atoms with Crippen molar-refractivity contribution in [1.29, 1.82) is 5.26 Å². The van der Waals surface area contributed by atoms with Gasteiger partial charge in [-0.3, -0.25) is 0 Å². The number of hydrogen-bond acceptors (Lipinski definition) is 5. The third kappa shape index (κ3) is 5.10. The van der Waals surface area contributed by atoms with Crippen LogP contribution in [0.5, 0.6) is 0 Å². The molecule has 6 nitrogen and oxygen atoms in total. The zero-order valence-corrected chi connectivity index (χ0v) is 11.4. The highest BCUT2D eigenvalue weighted by molar-refractivity contribution is 7.98. The lowest BCUT2D eigenvalue weighted by Gasteiger charge is -2.04. The predicted octanol–water partition coefficient (Wildman–Crippen LogP) is 1.41. The molecule has 0 saturated heterocycles. The molecular formula is C11H17N5OS. The van der Waals surface area contributed by atoms with Gasteiger partial charge in [-0.1, -0.05) is 0 Å². The van der Waals surface area contributed by atoms with Gasteiger partial charge >= 0.3 is 0 Å². The predicted molar refractivity (Wildman–Crippen MR) is 72.2 cm³/mol. The van der Waals surface area contributed by atoms with Crippen LogP contribution in [0.1, 0.15) is 18.3 Å². The summed E-state index contributed by atoms with van der Waals surface area (Å²) in [5, 5.41) is 10.9. The number of rotatable bonds is 6. The van der Waals surface area contributed by atoms with E-state index in [1.54, 1.807) is 24.3 Å². The summed E-state index contributed by atoms with van der Waals surface area (Å²) in [4.78, 5) is 11.4. The molecule has 0 aliphatic rings. The molecule has 0 spiro atoms. The molecular weight excluding hydrogens is 250 g/mol. The second kappa shape index (κ2) is 8.42. The number of imidazole rings is 1. The maximum Gasteiger partial charge on any atom is 0.298 e. The average molecular weight is 267 g/mol. The molecule has 2 N–H and O–H groups in total. The van der Waals surface area contributed by atoms with E-state index >= 15 is 0 Å². The van der Waals surface area contributed by atoms with Crippen LogP contribution in [-0.4, -0.2) is 34.9 Å². The summed E-state index contributed by atoms with van der Waals surface area (Å²) in [6.07, 6.45) is 3.50. The number of nitriles is 1. The number of nitrogens with one attached hydrogen (secondary N) is 2. The molecule has 0 radical (unpaired) electrons. The summed E-state index contributed by atoms with van der Waals surface area (Å²) in [5.74, 6) is 1.75. The van der Waals surface area contributed by atoms with Gasteiger partial charge in [0.15, 0.2) is 6.19 Å². The number of thioether (sulfide) groups is 1. The third-order valence-corrected chi connectivity index (χ3v) is 3.08. The molecule has 0 aliphatic heterocycles. The van der Waals surface area contributed by atoms with Gasteiger partial charge in [0.2, 0.25) is 0 Å². The number of aromatic amines is 1. The fraction of sp³-hybridized carbons (Fsp3) is 0.545. The van der Waals surface area contributed by atoms with Crippen molar-refractivity contribution in [3.05, 3.63) is 17.7 Å². The van der Waals surface area contributed by atoms with Crippen LogP contribution in [0.4, 0.5) is 0 Å². The lowest BCUT2D eigenvalue weighted by Crippen LogP contribution is -2.21. The topological polar surface area (TPSA) is 86.1 Å². The van der Waals surface area contributed by atoms with E-state index < -0.39 is 0 Å². The minimum Gasteiger partial charge on any atom is -0.465 e. The summed E-state index contributed by atoms with van der Waals surface area (Å²) in [6.45, 7) is 4.94. The Bertz CT molecular complexity index is 423. The minimum absolute atomic E-state index is 0.290. The Morgan fingerprint density at radius 3 is 3.17 bits per heavy atom. The van der Waals surface area contributed by atoms with Crippen LogP contribution in [0.2, 0.25) is 0 Å².